The number of carboxylic acids is 2. The van der Waals surface area contributed by atoms with Crippen molar-refractivity contribution in [2.75, 3.05) is 0 Å². The zero-order valence-electron chi connectivity index (χ0n) is 7.57. The lowest BCUT2D eigenvalue weighted by atomic mass is 10.5. The highest BCUT2D eigenvalue weighted by Crippen LogP contribution is 1.67. The minimum absolute atomic E-state index is 0.222. The number of hydrogen-bond acceptors (Lipinski definition) is 3. The summed E-state index contributed by atoms with van der Waals surface area (Å²) in [6, 6.07) is 0. The summed E-state index contributed by atoms with van der Waals surface area (Å²) >= 11 is 0. The Hall–Kier alpha value is -1.79. The van der Waals surface area contributed by atoms with Crippen LogP contribution >= 0.6 is 0 Å². The van der Waals surface area contributed by atoms with Crippen LogP contribution in [-0.4, -0.2) is 28.1 Å². The van der Waals surface area contributed by atoms with Gasteiger partial charge in [-0.3, -0.25) is 15.0 Å². The minimum Gasteiger partial charge on any atom is -0.481 e. The summed E-state index contributed by atoms with van der Waals surface area (Å²) in [6.45, 7) is 2.68. The molecule has 0 aliphatic rings. The molecule has 0 aliphatic carbocycles. The fraction of sp³-hybridized carbons (Fsp3) is 0.500. The van der Waals surface area contributed by atoms with Gasteiger partial charge in [0.25, 0.3) is 5.97 Å². The fourth-order valence-corrected chi connectivity index (χ4v) is 0. The van der Waals surface area contributed by atoms with Crippen LogP contribution in [0.4, 0.5) is 0 Å². The molecule has 0 bridgehead atoms. The molecule has 0 atom stereocenters. The zero-order chi connectivity index (χ0) is 11.4. The van der Waals surface area contributed by atoms with Gasteiger partial charge in [0.05, 0.1) is 0 Å². The Balaban J connectivity index is -0.000000117. The van der Waals surface area contributed by atoms with Gasteiger partial charge in [-0.1, -0.05) is 6.92 Å². The van der Waals surface area contributed by atoms with E-state index in [1.807, 2.05) is 0 Å². The molecule has 0 fully saturated rings. The van der Waals surface area contributed by atoms with Gasteiger partial charge in [0, 0.05) is 13.3 Å². The van der Waals surface area contributed by atoms with Crippen LogP contribution in [0.25, 0.3) is 0 Å². The topological polar surface area (TPSA) is 150 Å². The van der Waals surface area contributed by atoms with Crippen LogP contribution in [0.2, 0.25) is 0 Å². The third-order valence-corrected chi connectivity index (χ3v) is 0.302. The Kier molecular flexibility index (Phi) is 17.1. The molecule has 0 unspecified atom stereocenters. The van der Waals surface area contributed by atoms with Crippen molar-refractivity contribution in [3.05, 3.63) is 0 Å². The Bertz CT molecular complexity index is 149. The van der Waals surface area contributed by atoms with E-state index in [4.69, 9.17) is 20.4 Å². The lowest BCUT2D eigenvalue weighted by molar-refractivity contribution is -0.137. The van der Waals surface area contributed by atoms with Crippen molar-refractivity contribution in [1.82, 2.24) is 0 Å². The standard InChI is InChI=1S/C3H6O2.C2H4O2.CH5N3/c1-2-3(4)5;1-2(3)4;2-1(3)4/h2H2,1H3,(H,4,5);1H3,(H,3,4);(H5,2,3,4). The van der Waals surface area contributed by atoms with Gasteiger partial charge in [-0.15, -0.1) is 0 Å². The molecule has 0 amide bonds. The van der Waals surface area contributed by atoms with E-state index in [0.29, 0.717) is 0 Å². The van der Waals surface area contributed by atoms with E-state index in [-0.39, 0.29) is 12.4 Å². The summed E-state index contributed by atoms with van der Waals surface area (Å²) < 4.78 is 0. The van der Waals surface area contributed by atoms with E-state index in [1.54, 1.807) is 6.92 Å². The summed E-state index contributed by atoms with van der Waals surface area (Å²) in [5.74, 6) is -1.91. The number of carbonyl (C=O) groups is 2. The molecule has 0 spiro atoms. The molecule has 7 heteroatoms. The van der Waals surface area contributed by atoms with E-state index in [2.05, 4.69) is 11.5 Å². The maximum absolute atomic E-state index is 9.37. The van der Waals surface area contributed by atoms with Gasteiger partial charge in [0.1, 0.15) is 0 Å². The number of rotatable bonds is 1. The first-order chi connectivity index (χ1) is 5.73. The maximum Gasteiger partial charge on any atom is 0.303 e. The second kappa shape index (κ2) is 12.8. The molecule has 7 nitrogen and oxygen atoms in total. The Morgan fingerprint density at radius 3 is 1.38 bits per heavy atom. The minimum atomic E-state index is -0.833. The van der Waals surface area contributed by atoms with Crippen LogP contribution in [0.15, 0.2) is 0 Å². The lowest BCUT2D eigenvalue weighted by Gasteiger charge is -1.71. The normalized spacial score (nSPS) is 6.62. The number of nitrogens with two attached hydrogens (primary N) is 2. The van der Waals surface area contributed by atoms with Crippen molar-refractivity contribution in [3.8, 4) is 0 Å². The highest BCUT2D eigenvalue weighted by Gasteiger charge is 1.80. The van der Waals surface area contributed by atoms with Crippen LogP contribution in [0.3, 0.4) is 0 Å². The highest BCUT2D eigenvalue weighted by atomic mass is 16.4. The summed E-state index contributed by atoms with van der Waals surface area (Å²) in [7, 11) is 0. The van der Waals surface area contributed by atoms with Crippen molar-refractivity contribution >= 4 is 17.9 Å². The number of carboxylic acid groups (broad SMARTS) is 2. The Morgan fingerprint density at radius 1 is 1.31 bits per heavy atom. The molecule has 0 aromatic heterocycles. The van der Waals surface area contributed by atoms with Gasteiger partial charge in [-0.25, -0.2) is 0 Å². The molecule has 78 valence electrons. The van der Waals surface area contributed by atoms with E-state index >= 15 is 0 Å². The van der Waals surface area contributed by atoms with Gasteiger partial charge in [-0.2, -0.15) is 0 Å². The quantitative estimate of drug-likeness (QED) is 0.277. The van der Waals surface area contributed by atoms with E-state index in [0.717, 1.165) is 6.92 Å². The van der Waals surface area contributed by atoms with Crippen molar-refractivity contribution in [1.29, 1.82) is 5.41 Å². The first-order valence-electron chi connectivity index (χ1n) is 3.24. The highest BCUT2D eigenvalue weighted by molar-refractivity contribution is 5.71. The maximum atomic E-state index is 9.37. The molecule has 0 heterocycles. The first-order valence-corrected chi connectivity index (χ1v) is 3.24. The van der Waals surface area contributed by atoms with Gasteiger partial charge < -0.3 is 21.7 Å². The average molecular weight is 193 g/mol. The van der Waals surface area contributed by atoms with Gasteiger partial charge >= 0.3 is 5.97 Å². The van der Waals surface area contributed by atoms with Gasteiger partial charge in [-0.05, 0) is 0 Å². The lowest BCUT2D eigenvalue weighted by Crippen LogP contribution is -2.20. The first kappa shape index (κ1) is 17.3. The van der Waals surface area contributed by atoms with Crippen LogP contribution in [0.5, 0.6) is 0 Å². The summed E-state index contributed by atoms with van der Waals surface area (Å²) in [4.78, 5) is 18.4. The molecule has 0 aromatic carbocycles. The van der Waals surface area contributed by atoms with Crippen LogP contribution in [-0.2, 0) is 9.59 Å². The largest absolute Gasteiger partial charge is 0.481 e. The van der Waals surface area contributed by atoms with E-state index in [1.165, 1.54) is 0 Å². The second-order valence-electron chi connectivity index (χ2n) is 1.72. The molecule has 0 aromatic rings. The summed E-state index contributed by atoms with van der Waals surface area (Å²) in [5, 5.41) is 21.2. The second-order valence-corrected chi connectivity index (χ2v) is 1.72. The Labute approximate surface area is 75.9 Å². The third-order valence-electron chi connectivity index (χ3n) is 0.302. The summed E-state index contributed by atoms with van der Waals surface area (Å²) in [5.41, 5.74) is 8.94. The SMILES string of the molecule is CC(=O)O.CCC(=O)O.N=C(N)N. The molecule has 7 N–H and O–H groups in total. The van der Waals surface area contributed by atoms with Gasteiger partial charge in [0.15, 0.2) is 5.96 Å². The smallest absolute Gasteiger partial charge is 0.303 e. The fourth-order valence-electron chi connectivity index (χ4n) is 0. The van der Waals surface area contributed by atoms with E-state index in [9.17, 15) is 4.79 Å². The van der Waals surface area contributed by atoms with Gasteiger partial charge in [0.2, 0.25) is 0 Å². The molecule has 0 aliphatic heterocycles. The summed E-state index contributed by atoms with van der Waals surface area (Å²) in [6.07, 6.45) is 0.222. The third kappa shape index (κ3) is 15600. The van der Waals surface area contributed by atoms with Crippen molar-refractivity contribution < 1.29 is 19.8 Å². The number of aliphatic carboxylic acids is 2. The predicted molar refractivity (Wildman–Crippen MR) is 47.3 cm³/mol. The van der Waals surface area contributed by atoms with Crippen LogP contribution < -0.4 is 11.5 Å². The molecular formula is C6H15N3O4. The number of nitrogens with one attached hydrogen (secondary N) is 1. The molecule has 0 saturated carbocycles. The van der Waals surface area contributed by atoms with Crippen molar-refractivity contribution in [3.63, 3.8) is 0 Å². The van der Waals surface area contributed by atoms with E-state index < -0.39 is 11.9 Å². The average Bonchev–Trinajstić information content (AvgIpc) is 1.84. The molecular weight excluding hydrogens is 178 g/mol. The molecule has 0 saturated heterocycles. The molecule has 0 rings (SSSR count). The zero-order valence-corrected chi connectivity index (χ0v) is 7.57. The predicted octanol–water partition coefficient (Wildman–Crippen LogP) is -0.590. The molecule has 13 heavy (non-hydrogen) atoms. The number of guanidine groups is 1. The van der Waals surface area contributed by atoms with Crippen molar-refractivity contribution in [2.45, 2.75) is 20.3 Å². The monoisotopic (exact) mass is 193 g/mol. The Morgan fingerprint density at radius 2 is 1.38 bits per heavy atom. The van der Waals surface area contributed by atoms with Crippen molar-refractivity contribution in [2.24, 2.45) is 11.5 Å². The molecule has 0 radical (unpaired) electrons. The van der Waals surface area contributed by atoms with Crippen LogP contribution in [0, 0.1) is 5.41 Å². The van der Waals surface area contributed by atoms with Crippen LogP contribution in [0.1, 0.15) is 20.3 Å². The number of hydrogen-bond donors (Lipinski definition) is 5.